The van der Waals surface area contributed by atoms with Gasteiger partial charge in [-0.3, -0.25) is 4.79 Å². The van der Waals surface area contributed by atoms with Gasteiger partial charge in [0.25, 0.3) is 0 Å². The largest absolute Gasteiger partial charge is 0.380 e. The molecule has 2 atom stereocenters. The summed E-state index contributed by atoms with van der Waals surface area (Å²) < 4.78 is 6.35. The summed E-state index contributed by atoms with van der Waals surface area (Å²) in [6.07, 6.45) is 0.835. The van der Waals surface area contributed by atoms with E-state index in [4.69, 9.17) is 4.74 Å². The molecule has 1 saturated heterocycles. The van der Waals surface area contributed by atoms with E-state index >= 15 is 0 Å². The summed E-state index contributed by atoms with van der Waals surface area (Å²) in [6, 6.07) is 5.62. The van der Waals surface area contributed by atoms with Crippen molar-refractivity contribution < 1.29 is 9.53 Å². The third kappa shape index (κ3) is 2.67. The Morgan fingerprint density at radius 3 is 3.15 bits per heavy atom. The number of nitrogens with one attached hydrogen (secondary N) is 2. The molecule has 0 saturated carbocycles. The van der Waals surface area contributed by atoms with Crippen LogP contribution in [0.15, 0.2) is 18.2 Å². The second-order valence-corrected chi connectivity index (χ2v) is 6.19. The van der Waals surface area contributed by atoms with E-state index in [1.807, 2.05) is 25.1 Å². The van der Waals surface area contributed by atoms with E-state index in [-0.39, 0.29) is 18.1 Å². The molecule has 5 nitrogen and oxygen atoms in total. The molecule has 0 spiro atoms. The summed E-state index contributed by atoms with van der Waals surface area (Å²) in [5.41, 5.74) is 1.79. The standard InChI is InChI=1S/C14H17N3O2S/c1-8-16-11-4-3-9(5-13(11)20-8)17-14(18)12-6-10(19-2)7-15-12/h3-5,10,12,15H,6-7H2,1-2H3,(H,17,18). The molecule has 106 valence electrons. The number of hydrogen-bond donors (Lipinski definition) is 2. The summed E-state index contributed by atoms with van der Waals surface area (Å²) in [7, 11) is 1.67. The van der Waals surface area contributed by atoms with Crippen LogP contribution >= 0.6 is 11.3 Å². The first-order chi connectivity index (χ1) is 9.65. The third-order valence-corrected chi connectivity index (χ3v) is 4.44. The number of aromatic nitrogens is 1. The quantitative estimate of drug-likeness (QED) is 0.907. The summed E-state index contributed by atoms with van der Waals surface area (Å²) in [4.78, 5) is 16.6. The van der Waals surface area contributed by atoms with Gasteiger partial charge in [0.15, 0.2) is 0 Å². The Labute approximate surface area is 121 Å². The van der Waals surface area contributed by atoms with E-state index in [9.17, 15) is 4.79 Å². The molecule has 3 rings (SSSR count). The fraction of sp³-hybridized carbons (Fsp3) is 0.429. The smallest absolute Gasteiger partial charge is 0.241 e. The number of aryl methyl sites for hydroxylation is 1. The fourth-order valence-electron chi connectivity index (χ4n) is 2.43. The average Bonchev–Trinajstić information content (AvgIpc) is 3.03. The number of thiazole rings is 1. The Bertz CT molecular complexity index is 640. The highest BCUT2D eigenvalue weighted by Gasteiger charge is 2.29. The predicted octanol–water partition coefficient (Wildman–Crippen LogP) is 1.92. The zero-order chi connectivity index (χ0) is 14.1. The van der Waals surface area contributed by atoms with Crippen LogP contribution in [0.25, 0.3) is 10.2 Å². The lowest BCUT2D eigenvalue weighted by Gasteiger charge is -2.11. The van der Waals surface area contributed by atoms with E-state index in [0.29, 0.717) is 6.42 Å². The molecular formula is C14H17N3O2S. The maximum absolute atomic E-state index is 12.2. The van der Waals surface area contributed by atoms with Crippen molar-refractivity contribution in [1.82, 2.24) is 10.3 Å². The Morgan fingerprint density at radius 2 is 2.40 bits per heavy atom. The number of ether oxygens (including phenoxy) is 1. The minimum Gasteiger partial charge on any atom is -0.380 e. The molecule has 2 aromatic rings. The van der Waals surface area contributed by atoms with Crippen LogP contribution in [0, 0.1) is 6.92 Å². The van der Waals surface area contributed by atoms with Gasteiger partial charge < -0.3 is 15.4 Å². The van der Waals surface area contributed by atoms with Crippen molar-refractivity contribution in [2.45, 2.75) is 25.5 Å². The molecule has 2 unspecified atom stereocenters. The molecule has 1 aliphatic rings. The first-order valence-corrected chi connectivity index (χ1v) is 7.41. The van der Waals surface area contributed by atoms with Crippen LogP contribution in [-0.2, 0) is 9.53 Å². The van der Waals surface area contributed by atoms with Crippen molar-refractivity contribution in [1.29, 1.82) is 0 Å². The Balaban J connectivity index is 1.71. The van der Waals surface area contributed by atoms with Crippen LogP contribution in [0.1, 0.15) is 11.4 Å². The summed E-state index contributed by atoms with van der Waals surface area (Å²) in [5, 5.41) is 7.16. The zero-order valence-corrected chi connectivity index (χ0v) is 12.3. The number of anilines is 1. The van der Waals surface area contributed by atoms with Gasteiger partial charge in [-0.05, 0) is 31.5 Å². The molecule has 0 bridgehead atoms. The fourth-order valence-corrected chi connectivity index (χ4v) is 3.30. The molecule has 1 amide bonds. The Kier molecular flexibility index (Phi) is 3.69. The lowest BCUT2D eigenvalue weighted by molar-refractivity contribution is -0.118. The molecule has 6 heteroatoms. The number of methoxy groups -OCH3 is 1. The van der Waals surface area contributed by atoms with E-state index in [1.54, 1.807) is 18.4 Å². The highest BCUT2D eigenvalue weighted by atomic mass is 32.1. The minimum atomic E-state index is -0.182. The zero-order valence-electron chi connectivity index (χ0n) is 11.5. The predicted molar refractivity (Wildman–Crippen MR) is 80.2 cm³/mol. The lowest BCUT2D eigenvalue weighted by Crippen LogP contribution is -2.35. The lowest BCUT2D eigenvalue weighted by atomic mass is 10.2. The van der Waals surface area contributed by atoms with Gasteiger partial charge in [0.1, 0.15) is 0 Å². The Hall–Kier alpha value is -1.50. The maximum Gasteiger partial charge on any atom is 0.241 e. The molecule has 1 aromatic heterocycles. The number of carbonyl (C=O) groups is 1. The number of rotatable bonds is 3. The van der Waals surface area contributed by atoms with Crippen molar-refractivity contribution in [3.8, 4) is 0 Å². The third-order valence-electron chi connectivity index (χ3n) is 3.50. The van der Waals surface area contributed by atoms with Crippen LogP contribution < -0.4 is 10.6 Å². The van der Waals surface area contributed by atoms with E-state index in [2.05, 4.69) is 15.6 Å². The highest BCUT2D eigenvalue weighted by Crippen LogP contribution is 2.25. The summed E-state index contributed by atoms with van der Waals surface area (Å²) in [6.45, 7) is 2.71. The maximum atomic E-state index is 12.2. The van der Waals surface area contributed by atoms with Crippen molar-refractivity contribution in [3.05, 3.63) is 23.2 Å². The van der Waals surface area contributed by atoms with Crippen molar-refractivity contribution in [2.24, 2.45) is 0 Å². The molecule has 1 fully saturated rings. The number of fused-ring (bicyclic) bond motifs is 1. The van der Waals surface area contributed by atoms with Crippen LogP contribution in [0.5, 0.6) is 0 Å². The van der Waals surface area contributed by atoms with Gasteiger partial charge in [0.2, 0.25) is 5.91 Å². The molecule has 0 radical (unpaired) electrons. The SMILES string of the molecule is COC1CNC(C(=O)Nc2ccc3nc(C)sc3c2)C1. The summed E-state index contributed by atoms with van der Waals surface area (Å²) in [5.74, 6) is -0.00913. The van der Waals surface area contributed by atoms with Crippen molar-refractivity contribution in [3.63, 3.8) is 0 Å². The van der Waals surface area contributed by atoms with Gasteiger partial charge >= 0.3 is 0 Å². The summed E-state index contributed by atoms with van der Waals surface area (Å²) >= 11 is 1.63. The van der Waals surface area contributed by atoms with E-state index in [1.165, 1.54) is 0 Å². The second-order valence-electron chi connectivity index (χ2n) is 4.96. The van der Waals surface area contributed by atoms with Gasteiger partial charge in [-0.2, -0.15) is 0 Å². The van der Waals surface area contributed by atoms with Crippen LogP contribution in [-0.4, -0.2) is 36.7 Å². The molecular weight excluding hydrogens is 274 g/mol. The topological polar surface area (TPSA) is 63.2 Å². The molecule has 1 aromatic carbocycles. The van der Waals surface area contributed by atoms with Crippen molar-refractivity contribution >= 4 is 33.1 Å². The first kappa shape index (κ1) is 13.5. The normalized spacial score (nSPS) is 22.3. The molecule has 2 N–H and O–H groups in total. The highest BCUT2D eigenvalue weighted by molar-refractivity contribution is 7.18. The monoisotopic (exact) mass is 291 g/mol. The van der Waals surface area contributed by atoms with Crippen LogP contribution in [0.4, 0.5) is 5.69 Å². The van der Waals surface area contributed by atoms with Gasteiger partial charge in [-0.25, -0.2) is 4.98 Å². The second kappa shape index (κ2) is 5.47. The number of benzene rings is 1. The number of carbonyl (C=O) groups excluding carboxylic acids is 1. The minimum absolute atomic E-state index is 0.00913. The van der Waals surface area contributed by atoms with Gasteiger partial charge in [-0.1, -0.05) is 0 Å². The number of nitrogens with zero attached hydrogens (tertiary/aromatic N) is 1. The molecule has 1 aliphatic heterocycles. The van der Waals surface area contributed by atoms with Crippen molar-refractivity contribution in [2.75, 3.05) is 19.0 Å². The first-order valence-electron chi connectivity index (χ1n) is 6.60. The van der Waals surface area contributed by atoms with E-state index in [0.717, 1.165) is 27.5 Å². The molecule has 20 heavy (non-hydrogen) atoms. The average molecular weight is 291 g/mol. The number of amides is 1. The Morgan fingerprint density at radius 1 is 1.55 bits per heavy atom. The van der Waals surface area contributed by atoms with Crippen LogP contribution in [0.2, 0.25) is 0 Å². The van der Waals surface area contributed by atoms with Gasteiger partial charge in [-0.15, -0.1) is 11.3 Å². The van der Waals surface area contributed by atoms with Gasteiger partial charge in [0.05, 0.1) is 27.4 Å². The molecule has 2 heterocycles. The van der Waals surface area contributed by atoms with Gasteiger partial charge in [0, 0.05) is 19.3 Å². The number of hydrogen-bond acceptors (Lipinski definition) is 5. The molecule has 0 aliphatic carbocycles. The van der Waals surface area contributed by atoms with E-state index < -0.39 is 0 Å². The van der Waals surface area contributed by atoms with Crippen LogP contribution in [0.3, 0.4) is 0 Å².